The van der Waals surface area contributed by atoms with E-state index in [2.05, 4.69) is 30.4 Å². The number of fused-ring (bicyclic) bond motifs is 4. The molecule has 1 aromatic carbocycles. The molecular weight excluding hydrogens is 442 g/mol. The molecule has 0 amide bonds. The molecule has 11 heteroatoms. The Morgan fingerprint density at radius 3 is 2.64 bits per heavy atom. The zero-order valence-electron chi connectivity index (χ0n) is 18.4. The zero-order chi connectivity index (χ0) is 22.7. The smallest absolute Gasteiger partial charge is 0.177 e. The van der Waals surface area contributed by atoms with Gasteiger partial charge in [-0.15, -0.1) is 0 Å². The van der Waals surface area contributed by atoms with Gasteiger partial charge in [0.2, 0.25) is 0 Å². The second-order valence-corrected chi connectivity index (χ2v) is 9.17. The van der Waals surface area contributed by atoms with Crippen LogP contribution in [0.3, 0.4) is 0 Å². The minimum absolute atomic E-state index is 0.199. The van der Waals surface area contributed by atoms with Crippen LogP contribution in [0, 0.1) is 0 Å². The first-order chi connectivity index (χ1) is 16.0. The highest BCUT2D eigenvalue weighted by Gasteiger charge is 2.39. The van der Waals surface area contributed by atoms with Crippen LogP contribution < -0.4 is 15.1 Å². The molecule has 2 fully saturated rings. The van der Waals surface area contributed by atoms with Gasteiger partial charge in [-0.3, -0.25) is 10.1 Å². The van der Waals surface area contributed by atoms with Gasteiger partial charge in [0.1, 0.15) is 28.2 Å². The van der Waals surface area contributed by atoms with Gasteiger partial charge < -0.3 is 20.2 Å². The fourth-order valence-corrected chi connectivity index (χ4v) is 5.22. The lowest BCUT2D eigenvalue weighted by atomic mass is 10.1. The molecule has 2 bridgehead atoms. The van der Waals surface area contributed by atoms with Gasteiger partial charge in [0, 0.05) is 44.8 Å². The van der Waals surface area contributed by atoms with Crippen molar-refractivity contribution in [1.29, 1.82) is 0 Å². The fraction of sp³-hybridized carbons (Fsp3) is 0.409. The lowest BCUT2D eigenvalue weighted by Gasteiger charge is -2.36. The molecule has 6 rings (SSSR count). The zero-order valence-corrected chi connectivity index (χ0v) is 19.1. The van der Waals surface area contributed by atoms with Crippen molar-refractivity contribution in [3.05, 3.63) is 29.0 Å². The highest BCUT2D eigenvalue weighted by molar-refractivity contribution is 6.38. The molecular formula is C22H24ClN9O. The molecule has 2 aliphatic heterocycles. The Hall–Kier alpha value is -3.08. The largest absolute Gasteiger partial charge is 0.390 e. The Kier molecular flexibility index (Phi) is 4.82. The second kappa shape index (κ2) is 7.75. The number of aromatic nitrogens is 6. The summed E-state index contributed by atoms with van der Waals surface area (Å²) in [7, 11) is 3.81. The summed E-state index contributed by atoms with van der Waals surface area (Å²) in [5, 5.41) is 21.6. The maximum atomic E-state index is 10.2. The summed E-state index contributed by atoms with van der Waals surface area (Å²) in [5.41, 5.74) is 4.26. The number of benzene rings is 1. The average Bonchev–Trinajstić information content (AvgIpc) is 3.34. The number of halogens is 1. The van der Waals surface area contributed by atoms with Gasteiger partial charge in [0.25, 0.3) is 0 Å². The van der Waals surface area contributed by atoms with Crippen molar-refractivity contribution in [2.24, 2.45) is 0 Å². The van der Waals surface area contributed by atoms with Crippen LogP contribution in [0.1, 0.15) is 18.5 Å². The molecule has 3 N–H and O–H groups in total. The number of H-pyrrole nitrogens is 1. The van der Waals surface area contributed by atoms with Gasteiger partial charge >= 0.3 is 0 Å². The number of hydrogen-bond acceptors (Lipinski definition) is 9. The standard InChI is InChI=1S/C22H24ClN9O/c1-31(2)16-9-25-14-6-5-13(17(23)19(14)27-16)18-20-21(30-29-18)28-22(15(10-33)26-20)32-11-3-4-12(32)8-24-7-11/h5-6,9,11-12,24,33H,3-4,7-8,10H2,1-2H3,(H,28,29,30). The molecule has 10 nitrogen and oxygen atoms in total. The molecule has 0 spiro atoms. The predicted molar refractivity (Wildman–Crippen MR) is 128 cm³/mol. The second-order valence-electron chi connectivity index (χ2n) is 8.79. The summed E-state index contributed by atoms with van der Waals surface area (Å²) >= 11 is 6.80. The quantitative estimate of drug-likeness (QED) is 0.416. The van der Waals surface area contributed by atoms with Crippen LogP contribution in [-0.4, -0.2) is 74.5 Å². The van der Waals surface area contributed by atoms with Crippen molar-refractivity contribution in [3.8, 4) is 11.3 Å². The number of hydrogen-bond donors (Lipinski definition) is 3. The summed E-state index contributed by atoms with van der Waals surface area (Å²) in [4.78, 5) is 23.0. The Morgan fingerprint density at radius 1 is 1.12 bits per heavy atom. The van der Waals surface area contributed by atoms with Crippen LogP contribution in [0.5, 0.6) is 0 Å². The molecule has 0 saturated carbocycles. The van der Waals surface area contributed by atoms with E-state index in [1.54, 1.807) is 6.20 Å². The number of aromatic amines is 1. The summed E-state index contributed by atoms with van der Waals surface area (Å²) in [6.45, 7) is 1.63. The third-order valence-electron chi connectivity index (χ3n) is 6.57. The van der Waals surface area contributed by atoms with Crippen molar-refractivity contribution in [3.63, 3.8) is 0 Å². The molecule has 2 atom stereocenters. The number of aliphatic hydroxyl groups is 1. The van der Waals surface area contributed by atoms with Crippen molar-refractivity contribution >= 4 is 45.4 Å². The number of nitrogens with one attached hydrogen (secondary N) is 2. The Morgan fingerprint density at radius 2 is 1.91 bits per heavy atom. The summed E-state index contributed by atoms with van der Waals surface area (Å²) in [5.74, 6) is 1.45. The topological polar surface area (TPSA) is 119 Å². The van der Waals surface area contributed by atoms with Crippen molar-refractivity contribution in [2.75, 3.05) is 37.0 Å². The van der Waals surface area contributed by atoms with Gasteiger partial charge in [-0.1, -0.05) is 11.6 Å². The first-order valence-corrected chi connectivity index (χ1v) is 11.4. The number of rotatable bonds is 4. The molecule has 5 heterocycles. The molecule has 170 valence electrons. The molecule has 4 aromatic rings. The summed E-state index contributed by atoms with van der Waals surface area (Å²) < 4.78 is 0. The van der Waals surface area contributed by atoms with E-state index in [4.69, 9.17) is 21.6 Å². The van der Waals surface area contributed by atoms with Gasteiger partial charge in [-0.2, -0.15) is 5.10 Å². The van der Waals surface area contributed by atoms with E-state index in [0.29, 0.717) is 62.1 Å². The van der Waals surface area contributed by atoms with E-state index < -0.39 is 0 Å². The van der Waals surface area contributed by atoms with Crippen molar-refractivity contribution in [1.82, 2.24) is 35.5 Å². The maximum absolute atomic E-state index is 10.2. The van der Waals surface area contributed by atoms with Crippen LogP contribution in [0.15, 0.2) is 18.3 Å². The molecule has 3 aromatic heterocycles. The van der Waals surface area contributed by atoms with Crippen molar-refractivity contribution in [2.45, 2.75) is 31.5 Å². The minimum Gasteiger partial charge on any atom is -0.390 e. The van der Waals surface area contributed by atoms with Crippen LogP contribution in [-0.2, 0) is 6.61 Å². The SMILES string of the molecule is CN(C)c1cnc2ccc(-c3n[nH]c4nc(N5C6CCC5CNC6)c(CO)nc34)c(Cl)c2n1. The van der Waals surface area contributed by atoms with Crippen LogP contribution in [0.4, 0.5) is 11.6 Å². The minimum atomic E-state index is -0.199. The Bertz CT molecular complexity index is 1360. The van der Waals surface area contributed by atoms with E-state index in [-0.39, 0.29) is 6.61 Å². The Balaban J connectivity index is 1.49. The van der Waals surface area contributed by atoms with E-state index in [1.165, 1.54) is 0 Å². The van der Waals surface area contributed by atoms with Crippen LogP contribution in [0.25, 0.3) is 33.5 Å². The van der Waals surface area contributed by atoms with Crippen LogP contribution in [0.2, 0.25) is 5.02 Å². The summed E-state index contributed by atoms with van der Waals surface area (Å²) in [6, 6.07) is 4.47. The Labute approximate surface area is 195 Å². The highest BCUT2D eigenvalue weighted by Crippen LogP contribution is 2.37. The molecule has 0 radical (unpaired) electrons. The molecule has 2 saturated heterocycles. The average molecular weight is 466 g/mol. The summed E-state index contributed by atoms with van der Waals surface area (Å²) in [6.07, 6.45) is 3.93. The van der Waals surface area contributed by atoms with E-state index >= 15 is 0 Å². The molecule has 2 aliphatic rings. The third kappa shape index (κ3) is 3.20. The lowest BCUT2D eigenvalue weighted by molar-refractivity contribution is 0.276. The lowest BCUT2D eigenvalue weighted by Crippen LogP contribution is -2.52. The van der Waals surface area contributed by atoms with E-state index in [0.717, 1.165) is 31.7 Å². The van der Waals surface area contributed by atoms with Gasteiger partial charge in [0.05, 0.1) is 23.3 Å². The number of anilines is 2. The van der Waals surface area contributed by atoms with Crippen molar-refractivity contribution < 1.29 is 5.11 Å². The highest BCUT2D eigenvalue weighted by atomic mass is 35.5. The molecule has 2 unspecified atom stereocenters. The van der Waals surface area contributed by atoms with Gasteiger partial charge in [0.15, 0.2) is 11.5 Å². The number of nitrogens with zero attached hydrogens (tertiary/aromatic N) is 7. The fourth-order valence-electron chi connectivity index (χ4n) is 4.93. The number of aliphatic hydroxyl groups excluding tert-OH is 1. The third-order valence-corrected chi connectivity index (χ3v) is 6.96. The van der Waals surface area contributed by atoms with Gasteiger partial charge in [-0.25, -0.2) is 15.0 Å². The van der Waals surface area contributed by atoms with E-state index in [1.807, 2.05) is 31.1 Å². The van der Waals surface area contributed by atoms with Crippen LogP contribution >= 0.6 is 11.6 Å². The molecule has 0 aliphatic carbocycles. The van der Waals surface area contributed by atoms with Gasteiger partial charge in [-0.05, 0) is 25.0 Å². The molecule has 33 heavy (non-hydrogen) atoms. The maximum Gasteiger partial charge on any atom is 0.177 e. The monoisotopic (exact) mass is 465 g/mol. The number of piperazine rings is 1. The first-order valence-electron chi connectivity index (χ1n) is 11.0. The first kappa shape index (κ1) is 20.5. The van der Waals surface area contributed by atoms with E-state index in [9.17, 15) is 5.11 Å². The normalized spacial score (nSPS) is 20.2. The predicted octanol–water partition coefficient (Wildman–Crippen LogP) is 2.12.